The lowest BCUT2D eigenvalue weighted by atomic mass is 10.3. The minimum Gasteiger partial charge on any atom is -0.495 e. The Balaban J connectivity index is 1.91. The molecular formula is C16H12BrN3O7S3. The van der Waals surface area contributed by atoms with Gasteiger partial charge in [0.1, 0.15) is 14.9 Å². The summed E-state index contributed by atoms with van der Waals surface area (Å²) in [6, 6.07) is 8.74. The number of non-ortho nitro benzene ring substituents is 1. The second kappa shape index (κ2) is 8.29. The van der Waals surface area contributed by atoms with Crippen LogP contribution in [0.5, 0.6) is 5.75 Å². The number of hydrogen-bond acceptors (Lipinski definition) is 9. The van der Waals surface area contributed by atoms with Crippen molar-refractivity contribution in [3.05, 3.63) is 63.2 Å². The van der Waals surface area contributed by atoms with Crippen molar-refractivity contribution in [2.75, 3.05) is 11.8 Å². The van der Waals surface area contributed by atoms with Crippen LogP contribution in [-0.2, 0) is 19.9 Å². The van der Waals surface area contributed by atoms with Crippen molar-refractivity contribution in [2.24, 2.45) is 0 Å². The van der Waals surface area contributed by atoms with E-state index in [4.69, 9.17) is 4.74 Å². The van der Waals surface area contributed by atoms with E-state index in [1.807, 2.05) is 0 Å². The number of methoxy groups -OCH3 is 1. The van der Waals surface area contributed by atoms with E-state index in [2.05, 4.69) is 25.6 Å². The number of hydrogen-bond donors (Lipinski definition) is 1. The Morgan fingerprint density at radius 1 is 1.13 bits per heavy atom. The van der Waals surface area contributed by atoms with Crippen molar-refractivity contribution in [3.8, 4) is 5.75 Å². The molecule has 2 aromatic carbocycles. The maximum atomic E-state index is 12.7. The molecule has 1 aromatic heterocycles. The first-order valence-corrected chi connectivity index (χ1v) is 12.4. The van der Waals surface area contributed by atoms with Gasteiger partial charge in [-0.3, -0.25) is 14.8 Å². The molecule has 10 nitrogen and oxygen atoms in total. The van der Waals surface area contributed by atoms with Crippen LogP contribution >= 0.6 is 27.3 Å². The highest BCUT2D eigenvalue weighted by molar-refractivity contribution is 9.10. The lowest BCUT2D eigenvalue weighted by molar-refractivity contribution is -0.384. The van der Waals surface area contributed by atoms with Gasteiger partial charge in [-0.15, -0.1) is 0 Å². The molecule has 0 amide bonds. The van der Waals surface area contributed by atoms with Gasteiger partial charge < -0.3 is 4.74 Å². The first-order valence-electron chi connectivity index (χ1n) is 7.86. The van der Waals surface area contributed by atoms with E-state index < -0.39 is 24.8 Å². The molecule has 0 aliphatic carbocycles. The normalized spacial score (nSPS) is 11.8. The van der Waals surface area contributed by atoms with Crippen LogP contribution in [0.1, 0.15) is 0 Å². The number of halogens is 1. The summed E-state index contributed by atoms with van der Waals surface area (Å²) in [4.78, 5) is 13.6. The van der Waals surface area contributed by atoms with E-state index in [0.717, 1.165) is 30.5 Å². The third kappa shape index (κ3) is 4.45. The van der Waals surface area contributed by atoms with E-state index >= 15 is 0 Å². The molecule has 0 saturated carbocycles. The number of benzene rings is 2. The van der Waals surface area contributed by atoms with Crippen LogP contribution in [-0.4, -0.2) is 33.9 Å². The van der Waals surface area contributed by atoms with Crippen LogP contribution in [0.4, 0.5) is 10.8 Å². The van der Waals surface area contributed by atoms with Crippen molar-refractivity contribution < 1.29 is 26.5 Å². The van der Waals surface area contributed by atoms with E-state index in [1.165, 1.54) is 19.2 Å². The molecule has 0 radical (unpaired) electrons. The van der Waals surface area contributed by atoms with Gasteiger partial charge in [0.25, 0.3) is 15.7 Å². The van der Waals surface area contributed by atoms with Crippen LogP contribution < -0.4 is 9.46 Å². The first kappa shape index (κ1) is 22.1. The number of sulfone groups is 1. The molecule has 3 aromatic rings. The van der Waals surface area contributed by atoms with Crippen LogP contribution in [0.2, 0.25) is 0 Å². The number of nitrogens with zero attached hydrogens (tertiary/aromatic N) is 2. The summed E-state index contributed by atoms with van der Waals surface area (Å²) in [5.41, 5.74) is -0.255. The fraction of sp³-hybridized carbons (Fsp3) is 0.0625. The fourth-order valence-electron chi connectivity index (χ4n) is 2.32. The van der Waals surface area contributed by atoms with Gasteiger partial charge in [0.15, 0.2) is 5.13 Å². The third-order valence-electron chi connectivity index (χ3n) is 3.74. The molecule has 0 bridgehead atoms. The zero-order chi connectivity index (χ0) is 22.1. The average molecular weight is 534 g/mol. The standard InChI is InChI=1S/C16H12BrN3O7S3/c1-27-13-7-2-10(17)8-14(13)30(25,26)19-16-18-9-15(28-16)29(23,24)12-5-3-11(4-6-12)20(21)22/h2-9H,1H3,(H,18,19). The molecule has 3 rings (SSSR count). The molecule has 1 N–H and O–H groups in total. The zero-order valence-electron chi connectivity index (χ0n) is 15.0. The highest BCUT2D eigenvalue weighted by Crippen LogP contribution is 2.33. The van der Waals surface area contributed by atoms with Crippen LogP contribution in [0.25, 0.3) is 0 Å². The highest BCUT2D eigenvalue weighted by Gasteiger charge is 2.25. The molecule has 0 aliphatic rings. The average Bonchev–Trinajstić information content (AvgIpc) is 3.16. The van der Waals surface area contributed by atoms with Crippen molar-refractivity contribution in [2.45, 2.75) is 14.0 Å². The number of ether oxygens (including phenoxy) is 1. The van der Waals surface area contributed by atoms with Gasteiger partial charge >= 0.3 is 0 Å². The lowest BCUT2D eigenvalue weighted by Gasteiger charge is -2.10. The Bertz CT molecular complexity index is 1320. The summed E-state index contributed by atoms with van der Waals surface area (Å²) in [5, 5.41) is 10.6. The topological polar surface area (TPSA) is 146 Å². The Morgan fingerprint density at radius 2 is 1.80 bits per heavy atom. The first-order chi connectivity index (χ1) is 14.0. The molecule has 0 atom stereocenters. The second-order valence-corrected chi connectivity index (χ2v) is 11.4. The van der Waals surface area contributed by atoms with Crippen molar-refractivity contribution in [1.82, 2.24) is 4.98 Å². The number of nitrogens with one attached hydrogen (secondary N) is 1. The highest BCUT2D eigenvalue weighted by atomic mass is 79.9. The molecule has 0 saturated heterocycles. The minimum absolute atomic E-state index is 0.0981. The maximum Gasteiger partial charge on any atom is 0.269 e. The van der Waals surface area contributed by atoms with Crippen LogP contribution in [0.3, 0.4) is 0 Å². The monoisotopic (exact) mass is 533 g/mol. The van der Waals surface area contributed by atoms with Crippen LogP contribution in [0, 0.1) is 10.1 Å². The summed E-state index contributed by atoms with van der Waals surface area (Å²) in [6.45, 7) is 0. The summed E-state index contributed by atoms with van der Waals surface area (Å²) >= 11 is 3.80. The number of aromatic nitrogens is 1. The van der Waals surface area contributed by atoms with Gasteiger partial charge in [-0.2, -0.15) is 0 Å². The van der Waals surface area contributed by atoms with Crippen LogP contribution in [0.15, 0.2) is 67.1 Å². The maximum absolute atomic E-state index is 12.7. The summed E-state index contributed by atoms with van der Waals surface area (Å²) in [7, 11) is -6.83. The summed E-state index contributed by atoms with van der Waals surface area (Å²) in [6.07, 6.45) is 1.01. The second-order valence-electron chi connectivity index (χ2n) is 5.64. The Hall–Kier alpha value is -2.55. The minimum atomic E-state index is -4.12. The molecule has 30 heavy (non-hydrogen) atoms. The third-order valence-corrected chi connectivity index (χ3v) is 8.87. The van der Waals surface area contributed by atoms with Crippen molar-refractivity contribution >= 4 is 57.9 Å². The molecule has 0 unspecified atom stereocenters. The molecular weight excluding hydrogens is 522 g/mol. The Labute approximate surface area is 183 Å². The van der Waals surface area contributed by atoms with E-state index in [0.29, 0.717) is 15.8 Å². The Morgan fingerprint density at radius 3 is 2.40 bits per heavy atom. The fourth-order valence-corrected chi connectivity index (χ4v) is 6.71. The number of nitro groups is 1. The van der Waals surface area contributed by atoms with E-state index in [9.17, 15) is 26.9 Å². The quantitative estimate of drug-likeness (QED) is 0.358. The van der Waals surface area contributed by atoms with E-state index in [-0.39, 0.29) is 30.6 Å². The van der Waals surface area contributed by atoms with Gasteiger partial charge in [0.05, 0.1) is 23.1 Å². The summed E-state index contributed by atoms with van der Waals surface area (Å²) in [5.74, 6) is 0.0981. The van der Waals surface area contributed by atoms with Gasteiger partial charge in [0.2, 0.25) is 9.84 Å². The number of sulfonamides is 1. The van der Waals surface area contributed by atoms with E-state index in [1.54, 1.807) is 6.07 Å². The number of thiazole rings is 1. The molecule has 1 heterocycles. The van der Waals surface area contributed by atoms with Crippen molar-refractivity contribution in [1.29, 1.82) is 0 Å². The largest absolute Gasteiger partial charge is 0.495 e. The smallest absolute Gasteiger partial charge is 0.269 e. The zero-order valence-corrected chi connectivity index (χ0v) is 19.0. The predicted octanol–water partition coefficient (Wildman–Crippen LogP) is 3.46. The SMILES string of the molecule is COc1ccc(Br)cc1S(=O)(=O)Nc1ncc(S(=O)(=O)c2ccc([N+](=O)[O-])cc2)s1. The predicted molar refractivity (Wildman–Crippen MR) is 112 cm³/mol. The number of nitro benzene ring substituents is 1. The molecule has 0 spiro atoms. The summed E-state index contributed by atoms with van der Waals surface area (Å²) < 4.78 is 58.4. The van der Waals surface area contributed by atoms with Gasteiger partial charge in [-0.25, -0.2) is 21.8 Å². The molecule has 14 heteroatoms. The Kier molecular flexibility index (Phi) is 6.12. The molecule has 0 aliphatic heterocycles. The molecule has 0 fully saturated rings. The lowest BCUT2D eigenvalue weighted by Crippen LogP contribution is -2.14. The number of rotatable bonds is 7. The van der Waals surface area contributed by atoms with Gasteiger partial charge in [0, 0.05) is 16.6 Å². The van der Waals surface area contributed by atoms with Crippen molar-refractivity contribution in [3.63, 3.8) is 0 Å². The number of anilines is 1. The van der Waals surface area contributed by atoms with Gasteiger partial charge in [-0.1, -0.05) is 27.3 Å². The van der Waals surface area contributed by atoms with Gasteiger partial charge in [-0.05, 0) is 30.3 Å². The molecule has 158 valence electrons.